The fourth-order valence-corrected chi connectivity index (χ4v) is 6.13. The molecule has 326 valence electrons. The van der Waals surface area contributed by atoms with E-state index in [1.54, 1.807) is 54.7 Å². The Morgan fingerprint density at radius 3 is 1.75 bits per heavy atom. The number of hydrogen-bond acceptors (Lipinski definition) is 9. The van der Waals surface area contributed by atoms with Gasteiger partial charge in [-0.1, -0.05) is 158 Å². The molecule has 0 saturated carbocycles. The van der Waals surface area contributed by atoms with E-state index in [2.05, 4.69) is 6.92 Å². The number of nitrogens with zero attached hydrogens (tertiary/aromatic N) is 1. The van der Waals surface area contributed by atoms with Crippen LogP contribution in [0.25, 0.3) is 0 Å². The first kappa shape index (κ1) is 54.1. The molecule has 0 rings (SSSR count). The first-order valence-electron chi connectivity index (χ1n) is 21.4. The minimum atomic E-state index is -4.35. The zero-order valence-corrected chi connectivity index (χ0v) is 36.6. The molecule has 0 aromatic heterocycles. The topological polar surface area (TPSA) is 152 Å². The van der Waals surface area contributed by atoms with Crippen LogP contribution in [0, 0.1) is 0 Å². The van der Waals surface area contributed by atoms with Crippen molar-refractivity contribution in [3.05, 3.63) is 60.8 Å². The number of carbonyl (C=O) groups excluding carboxylic acids is 1. The summed E-state index contributed by atoms with van der Waals surface area (Å²) in [6.45, 7) is 4.88. The number of esters is 1. The maximum Gasteiger partial charge on any atom is 0.472 e. The Morgan fingerprint density at radius 2 is 1.18 bits per heavy atom. The molecule has 0 aromatic rings. The monoisotopic (exact) mass is 815 g/mol. The second-order valence-electron chi connectivity index (χ2n) is 15.6. The highest BCUT2D eigenvalue weighted by Gasteiger charge is 2.26. The van der Waals surface area contributed by atoms with Crippen molar-refractivity contribution in [2.75, 3.05) is 54.1 Å². The van der Waals surface area contributed by atoms with Crippen molar-refractivity contribution in [1.29, 1.82) is 0 Å². The third-order valence-corrected chi connectivity index (χ3v) is 9.93. The fourth-order valence-electron chi connectivity index (χ4n) is 5.39. The van der Waals surface area contributed by atoms with Gasteiger partial charge in [-0.25, -0.2) is 4.57 Å². The third kappa shape index (κ3) is 38.9. The van der Waals surface area contributed by atoms with E-state index in [9.17, 15) is 29.6 Å². The molecule has 0 amide bonds. The fraction of sp³-hybridized carbons (Fsp3) is 0.750. The number of phosphoric acid groups is 1. The zero-order chi connectivity index (χ0) is 41.8. The number of ether oxygens (including phenoxy) is 2. The van der Waals surface area contributed by atoms with Gasteiger partial charge in [0, 0.05) is 13.0 Å². The second kappa shape index (κ2) is 36.2. The number of hydrogen-bond donors (Lipinski definition) is 4. The normalized spacial score (nSPS) is 16.1. The van der Waals surface area contributed by atoms with Crippen molar-refractivity contribution in [2.24, 2.45) is 0 Å². The lowest BCUT2D eigenvalue weighted by Gasteiger charge is -2.24. The van der Waals surface area contributed by atoms with Gasteiger partial charge in [0.15, 0.2) is 0 Å². The smallest absolute Gasteiger partial charge is 0.457 e. The summed E-state index contributed by atoms with van der Waals surface area (Å²) in [6, 6.07) is 0. The van der Waals surface area contributed by atoms with Gasteiger partial charge < -0.3 is 34.2 Å². The van der Waals surface area contributed by atoms with Crippen LogP contribution in [-0.2, 0) is 27.9 Å². The lowest BCUT2D eigenvalue weighted by molar-refractivity contribution is -0.870. The van der Waals surface area contributed by atoms with Gasteiger partial charge in [0.2, 0.25) is 0 Å². The van der Waals surface area contributed by atoms with Crippen LogP contribution < -0.4 is 0 Å². The first-order chi connectivity index (χ1) is 26.8. The Kier molecular flexibility index (Phi) is 34.9. The van der Waals surface area contributed by atoms with E-state index < -0.39 is 38.2 Å². The Labute approximate surface area is 340 Å². The van der Waals surface area contributed by atoms with Crippen LogP contribution in [0.2, 0.25) is 0 Å². The minimum absolute atomic E-state index is 0.0321. The van der Waals surface area contributed by atoms with Gasteiger partial charge in [0.1, 0.15) is 19.3 Å². The van der Waals surface area contributed by atoms with Crippen molar-refractivity contribution < 1.29 is 52.6 Å². The molecule has 0 bridgehead atoms. The van der Waals surface area contributed by atoms with Crippen molar-refractivity contribution in [3.8, 4) is 0 Å². The number of aliphatic hydroxyl groups excluding tert-OH is 3. The maximum atomic E-state index is 12.7. The molecule has 0 aromatic carbocycles. The Hall–Kier alpha value is -1.92. The van der Waals surface area contributed by atoms with E-state index in [4.69, 9.17) is 18.5 Å². The number of aliphatic hydroxyl groups is 3. The average Bonchev–Trinajstić information content (AvgIpc) is 3.14. The molecule has 56 heavy (non-hydrogen) atoms. The summed E-state index contributed by atoms with van der Waals surface area (Å²) >= 11 is 0. The van der Waals surface area contributed by atoms with Crippen molar-refractivity contribution in [1.82, 2.24) is 0 Å². The molecular weight excluding hydrogens is 733 g/mol. The van der Waals surface area contributed by atoms with Crippen LogP contribution in [0.4, 0.5) is 0 Å². The maximum absolute atomic E-state index is 12.7. The molecule has 11 nitrogen and oxygen atoms in total. The quantitative estimate of drug-likeness (QED) is 0.0156. The SMILES string of the molecule is CCCCCCCCCCCCCCCCOCC(COP(=O)(O)OCC[N+](C)(C)C)OC(=O)CCCC(O)/C=C/C=C\C=C\C(O)C/C=C\C=C\C(O)CC. The van der Waals surface area contributed by atoms with E-state index >= 15 is 0 Å². The summed E-state index contributed by atoms with van der Waals surface area (Å²) in [6.07, 6.45) is 34.1. The van der Waals surface area contributed by atoms with Gasteiger partial charge in [-0.2, -0.15) is 0 Å². The van der Waals surface area contributed by atoms with Gasteiger partial charge in [0.25, 0.3) is 0 Å². The molecule has 5 unspecified atom stereocenters. The average molecular weight is 815 g/mol. The van der Waals surface area contributed by atoms with E-state index in [-0.39, 0.29) is 26.2 Å². The molecule has 5 atom stereocenters. The predicted molar refractivity (Wildman–Crippen MR) is 228 cm³/mol. The molecular formula is C44H81NO10P+. The number of phosphoric ester groups is 1. The van der Waals surface area contributed by atoms with E-state index in [1.807, 2.05) is 34.1 Å². The van der Waals surface area contributed by atoms with Gasteiger partial charge in [-0.05, 0) is 32.1 Å². The Balaban J connectivity index is 4.57. The molecule has 0 fully saturated rings. The number of rotatable bonds is 38. The van der Waals surface area contributed by atoms with Gasteiger partial charge in [-0.15, -0.1) is 0 Å². The Bertz CT molecular complexity index is 1130. The van der Waals surface area contributed by atoms with Gasteiger partial charge in [-0.3, -0.25) is 13.8 Å². The lowest BCUT2D eigenvalue weighted by atomic mass is 10.0. The summed E-state index contributed by atoms with van der Waals surface area (Å²) in [5, 5.41) is 29.8. The molecule has 0 aliphatic heterocycles. The van der Waals surface area contributed by atoms with E-state index in [1.165, 1.54) is 70.6 Å². The summed E-state index contributed by atoms with van der Waals surface area (Å²) in [7, 11) is 1.48. The molecule has 4 N–H and O–H groups in total. The van der Waals surface area contributed by atoms with Crippen LogP contribution in [0.15, 0.2) is 60.8 Å². The van der Waals surface area contributed by atoms with E-state index in [0.29, 0.717) is 43.3 Å². The molecule has 0 saturated heterocycles. The largest absolute Gasteiger partial charge is 0.472 e. The lowest BCUT2D eigenvalue weighted by Crippen LogP contribution is -2.37. The summed E-state index contributed by atoms with van der Waals surface area (Å²) < 4.78 is 34.7. The summed E-state index contributed by atoms with van der Waals surface area (Å²) in [5.41, 5.74) is 0. The zero-order valence-electron chi connectivity index (χ0n) is 35.7. The Morgan fingerprint density at radius 1 is 0.643 bits per heavy atom. The molecule has 0 radical (unpaired) electrons. The van der Waals surface area contributed by atoms with Gasteiger partial charge in [0.05, 0.1) is 52.7 Å². The first-order valence-corrected chi connectivity index (χ1v) is 22.9. The highest BCUT2D eigenvalue weighted by Crippen LogP contribution is 2.43. The van der Waals surface area contributed by atoms with Crippen molar-refractivity contribution in [3.63, 3.8) is 0 Å². The highest BCUT2D eigenvalue weighted by molar-refractivity contribution is 7.47. The number of likely N-dealkylation sites (N-methyl/N-ethyl adjacent to an activating group) is 1. The standard InChI is InChI=1S/C44H80NO10P/c1-6-8-9-10-11-12-13-14-15-16-17-18-21-27-36-52-38-43(39-54-56(50,51)53-37-35-45(3,4)5)55-44(49)34-28-33-42(48)31-24-20-19-23-30-41(47)32-26-22-25-29-40(46)7-2/h19-20,22-26,29-31,40-43,46-48H,6-18,21,27-28,32-39H2,1-5H3/p+1/b20-19-,26-22-,29-25+,30-23+,31-24+. The number of allylic oxidation sites excluding steroid dienone is 6. The predicted octanol–water partition coefficient (Wildman–Crippen LogP) is 9.07. The molecule has 0 aliphatic carbocycles. The third-order valence-electron chi connectivity index (χ3n) is 8.94. The molecule has 12 heteroatoms. The summed E-state index contributed by atoms with van der Waals surface area (Å²) in [5.74, 6) is -0.512. The van der Waals surface area contributed by atoms with Crippen molar-refractivity contribution in [2.45, 2.75) is 160 Å². The minimum Gasteiger partial charge on any atom is -0.457 e. The van der Waals surface area contributed by atoms with Crippen LogP contribution in [0.1, 0.15) is 136 Å². The number of carbonyl (C=O) groups is 1. The summed E-state index contributed by atoms with van der Waals surface area (Å²) in [4.78, 5) is 22.9. The molecule has 0 spiro atoms. The highest BCUT2D eigenvalue weighted by atomic mass is 31.2. The molecule has 0 heterocycles. The van der Waals surface area contributed by atoms with Crippen LogP contribution >= 0.6 is 7.82 Å². The number of unbranched alkanes of at least 4 members (excludes halogenated alkanes) is 13. The van der Waals surface area contributed by atoms with Crippen LogP contribution in [0.5, 0.6) is 0 Å². The van der Waals surface area contributed by atoms with Crippen LogP contribution in [0.3, 0.4) is 0 Å². The second-order valence-corrected chi connectivity index (χ2v) is 17.1. The van der Waals surface area contributed by atoms with Crippen LogP contribution in [-0.4, -0.2) is 109 Å². The van der Waals surface area contributed by atoms with E-state index in [0.717, 1.165) is 19.3 Å². The van der Waals surface area contributed by atoms with Gasteiger partial charge >= 0.3 is 13.8 Å². The number of quaternary nitrogens is 1. The molecule has 0 aliphatic rings. The van der Waals surface area contributed by atoms with Crippen molar-refractivity contribution >= 4 is 13.8 Å².